The van der Waals surface area contributed by atoms with Gasteiger partial charge in [-0.15, -0.1) is 0 Å². The molecule has 2 N–H and O–H groups in total. The van der Waals surface area contributed by atoms with Crippen LogP contribution in [-0.2, 0) is 10.2 Å². The van der Waals surface area contributed by atoms with E-state index in [4.69, 9.17) is 0 Å². The molecule has 1 aromatic carbocycles. The lowest BCUT2D eigenvalue weighted by Gasteiger charge is -2.25. The largest absolute Gasteiger partial charge is 0.372 e. The minimum absolute atomic E-state index is 0.460. The Labute approximate surface area is 144 Å². The maximum atomic E-state index is 12.2. The normalized spacial score (nSPS) is 15.8. The molecule has 0 spiro atoms. The van der Waals surface area contributed by atoms with E-state index in [1.165, 1.54) is 4.31 Å². The third-order valence-electron chi connectivity index (χ3n) is 4.13. The number of rotatable bonds is 6. The second-order valence-electron chi connectivity index (χ2n) is 5.74. The van der Waals surface area contributed by atoms with Crippen LogP contribution >= 0.6 is 0 Å². The third kappa shape index (κ3) is 4.85. The van der Waals surface area contributed by atoms with Crippen LogP contribution < -0.4 is 14.9 Å². The zero-order chi connectivity index (χ0) is 17.6. The van der Waals surface area contributed by atoms with Crippen molar-refractivity contribution in [2.24, 2.45) is 0 Å². The Morgan fingerprint density at radius 2 is 1.67 bits per heavy atom. The molecule has 1 aliphatic heterocycles. The van der Waals surface area contributed by atoms with Gasteiger partial charge < -0.3 is 10.2 Å². The number of amides is 2. The maximum absolute atomic E-state index is 12.2. The first-order valence-electron chi connectivity index (χ1n) is 8.40. The van der Waals surface area contributed by atoms with Gasteiger partial charge in [-0.3, -0.25) is 0 Å². The summed E-state index contributed by atoms with van der Waals surface area (Å²) in [5.74, 6) is 0. The lowest BCUT2D eigenvalue weighted by atomic mass is 10.2. The van der Waals surface area contributed by atoms with E-state index in [9.17, 15) is 13.2 Å². The molecule has 1 aliphatic rings. The average Bonchev–Trinajstić information content (AvgIpc) is 2.58. The van der Waals surface area contributed by atoms with Crippen LogP contribution in [0.4, 0.5) is 16.2 Å². The van der Waals surface area contributed by atoms with Crippen LogP contribution in [0.5, 0.6) is 0 Å². The van der Waals surface area contributed by atoms with Crippen LogP contribution in [0.1, 0.15) is 33.1 Å². The number of benzene rings is 1. The Bertz CT molecular complexity index is 636. The van der Waals surface area contributed by atoms with Crippen LogP contribution in [0.25, 0.3) is 0 Å². The zero-order valence-corrected chi connectivity index (χ0v) is 15.1. The molecule has 0 unspecified atom stereocenters. The molecule has 7 nitrogen and oxygen atoms in total. The molecular weight excluding hydrogens is 328 g/mol. The van der Waals surface area contributed by atoms with E-state index in [1.54, 1.807) is 12.1 Å². The molecule has 1 aromatic rings. The molecule has 0 bridgehead atoms. The Morgan fingerprint density at radius 3 is 2.21 bits per heavy atom. The Balaban J connectivity index is 1.94. The van der Waals surface area contributed by atoms with Gasteiger partial charge in [0.15, 0.2) is 0 Å². The highest BCUT2D eigenvalue weighted by Gasteiger charge is 2.25. The molecule has 0 radical (unpaired) electrons. The minimum Gasteiger partial charge on any atom is -0.372 e. The van der Waals surface area contributed by atoms with Gasteiger partial charge in [0, 0.05) is 37.6 Å². The Hall–Kier alpha value is -1.80. The molecule has 1 saturated heterocycles. The SMILES string of the molecule is CCN(CC)c1ccc(NC(=O)NS(=O)(=O)N2CCCCC2)cc1. The number of anilines is 2. The fraction of sp³-hybridized carbons (Fsp3) is 0.562. The van der Waals surface area contributed by atoms with Gasteiger partial charge >= 0.3 is 16.2 Å². The summed E-state index contributed by atoms with van der Waals surface area (Å²) >= 11 is 0. The molecule has 134 valence electrons. The van der Waals surface area contributed by atoms with Crippen molar-refractivity contribution in [3.63, 3.8) is 0 Å². The lowest BCUT2D eigenvalue weighted by Crippen LogP contribution is -2.46. The average molecular weight is 354 g/mol. The molecule has 2 rings (SSSR count). The summed E-state index contributed by atoms with van der Waals surface area (Å²) in [6, 6.07) is 6.60. The number of nitrogens with zero attached hydrogens (tertiary/aromatic N) is 2. The fourth-order valence-electron chi connectivity index (χ4n) is 2.79. The van der Waals surface area contributed by atoms with Crippen LogP contribution in [0.2, 0.25) is 0 Å². The number of carbonyl (C=O) groups is 1. The van der Waals surface area contributed by atoms with E-state index in [2.05, 4.69) is 28.8 Å². The van der Waals surface area contributed by atoms with Crippen LogP contribution in [-0.4, -0.2) is 44.9 Å². The molecule has 8 heteroatoms. The van der Waals surface area contributed by atoms with E-state index >= 15 is 0 Å². The quantitative estimate of drug-likeness (QED) is 0.822. The van der Waals surface area contributed by atoms with Crippen molar-refractivity contribution in [3.05, 3.63) is 24.3 Å². The molecule has 0 aromatic heterocycles. The van der Waals surface area contributed by atoms with E-state index in [1.807, 2.05) is 12.1 Å². The molecular formula is C16H26N4O3S. The molecule has 0 saturated carbocycles. The summed E-state index contributed by atoms with van der Waals surface area (Å²) in [6.45, 7) is 6.88. The van der Waals surface area contributed by atoms with Crippen molar-refractivity contribution < 1.29 is 13.2 Å². The van der Waals surface area contributed by atoms with E-state index in [0.717, 1.165) is 38.0 Å². The predicted octanol–water partition coefficient (Wildman–Crippen LogP) is 2.38. The topological polar surface area (TPSA) is 81.8 Å². The highest BCUT2D eigenvalue weighted by Crippen LogP contribution is 2.18. The van der Waals surface area contributed by atoms with E-state index in [-0.39, 0.29) is 0 Å². The summed E-state index contributed by atoms with van der Waals surface area (Å²) in [5, 5.41) is 2.56. The Kier molecular flexibility index (Phi) is 6.44. The predicted molar refractivity (Wildman–Crippen MR) is 96.5 cm³/mol. The monoisotopic (exact) mass is 354 g/mol. The number of urea groups is 1. The van der Waals surface area contributed by atoms with Crippen molar-refractivity contribution in [2.45, 2.75) is 33.1 Å². The third-order valence-corrected chi connectivity index (χ3v) is 5.62. The van der Waals surface area contributed by atoms with E-state index in [0.29, 0.717) is 18.8 Å². The van der Waals surface area contributed by atoms with Gasteiger partial charge in [-0.05, 0) is 51.0 Å². The molecule has 0 aliphatic carbocycles. The maximum Gasteiger partial charge on any atom is 0.333 e. The smallest absolute Gasteiger partial charge is 0.333 e. The van der Waals surface area contributed by atoms with Crippen molar-refractivity contribution in [1.29, 1.82) is 0 Å². The number of carbonyl (C=O) groups excluding carboxylic acids is 1. The number of piperidine rings is 1. The first-order valence-corrected chi connectivity index (χ1v) is 9.84. The van der Waals surface area contributed by atoms with Crippen molar-refractivity contribution >= 4 is 27.6 Å². The van der Waals surface area contributed by atoms with Gasteiger partial charge in [0.25, 0.3) is 0 Å². The zero-order valence-electron chi connectivity index (χ0n) is 14.3. The number of nitrogens with one attached hydrogen (secondary N) is 2. The van der Waals surface area contributed by atoms with Crippen LogP contribution in [0, 0.1) is 0 Å². The summed E-state index contributed by atoms with van der Waals surface area (Å²) in [6.07, 6.45) is 2.68. The highest BCUT2D eigenvalue weighted by molar-refractivity contribution is 7.87. The second-order valence-corrected chi connectivity index (χ2v) is 7.41. The molecule has 1 heterocycles. The summed E-state index contributed by atoms with van der Waals surface area (Å²) in [7, 11) is -3.77. The first-order chi connectivity index (χ1) is 11.5. The van der Waals surface area contributed by atoms with Gasteiger partial charge in [0.05, 0.1) is 0 Å². The van der Waals surface area contributed by atoms with Gasteiger partial charge in [-0.2, -0.15) is 12.7 Å². The van der Waals surface area contributed by atoms with Crippen molar-refractivity contribution in [2.75, 3.05) is 36.4 Å². The van der Waals surface area contributed by atoms with Gasteiger partial charge in [-0.1, -0.05) is 6.42 Å². The molecule has 2 amide bonds. The summed E-state index contributed by atoms with van der Waals surface area (Å²) in [4.78, 5) is 14.1. The standard InChI is InChI=1S/C16H26N4O3S/c1-3-19(4-2)15-10-8-14(9-11-15)17-16(21)18-24(22,23)20-12-6-5-7-13-20/h8-11H,3-7,12-13H2,1-2H3,(H2,17,18,21). The van der Waals surface area contributed by atoms with Gasteiger partial charge in [-0.25, -0.2) is 9.52 Å². The van der Waals surface area contributed by atoms with Crippen LogP contribution in [0.3, 0.4) is 0 Å². The van der Waals surface area contributed by atoms with Crippen molar-refractivity contribution in [1.82, 2.24) is 9.03 Å². The Morgan fingerprint density at radius 1 is 1.08 bits per heavy atom. The summed E-state index contributed by atoms with van der Waals surface area (Å²) in [5.41, 5.74) is 1.61. The minimum atomic E-state index is -3.77. The van der Waals surface area contributed by atoms with Gasteiger partial charge in [0.2, 0.25) is 0 Å². The van der Waals surface area contributed by atoms with E-state index < -0.39 is 16.2 Å². The van der Waals surface area contributed by atoms with Crippen molar-refractivity contribution in [3.8, 4) is 0 Å². The summed E-state index contributed by atoms with van der Waals surface area (Å²) < 4.78 is 27.7. The number of hydrogen-bond acceptors (Lipinski definition) is 4. The van der Waals surface area contributed by atoms with Crippen LogP contribution in [0.15, 0.2) is 24.3 Å². The number of hydrogen-bond donors (Lipinski definition) is 2. The fourth-order valence-corrected chi connectivity index (χ4v) is 3.94. The molecule has 1 fully saturated rings. The highest BCUT2D eigenvalue weighted by atomic mass is 32.2. The van der Waals surface area contributed by atoms with Gasteiger partial charge in [0.1, 0.15) is 0 Å². The molecule has 0 atom stereocenters. The lowest BCUT2D eigenvalue weighted by molar-refractivity contribution is 0.255. The first kappa shape index (κ1) is 18.5. The second kappa shape index (κ2) is 8.34. The molecule has 24 heavy (non-hydrogen) atoms.